The molecule has 1 unspecified atom stereocenters. The van der Waals surface area contributed by atoms with Gasteiger partial charge in [0, 0.05) is 10.6 Å². The first-order valence-electron chi connectivity index (χ1n) is 7.92. The number of aryl methyl sites for hydroxylation is 2. The van der Waals surface area contributed by atoms with E-state index in [1.54, 1.807) is 23.9 Å². The van der Waals surface area contributed by atoms with Crippen LogP contribution in [0.2, 0.25) is 0 Å². The molecule has 0 heterocycles. The molecule has 2 aromatic carbocycles. The van der Waals surface area contributed by atoms with Gasteiger partial charge in [-0.15, -0.1) is 11.8 Å². The molecule has 23 heavy (non-hydrogen) atoms. The maximum Gasteiger partial charge on any atom is 0.123 e. The van der Waals surface area contributed by atoms with Crippen LogP contribution in [0.5, 0.6) is 0 Å². The Morgan fingerprint density at radius 2 is 1.74 bits per heavy atom. The molecule has 0 bridgehead atoms. The predicted octanol–water partition coefficient (Wildman–Crippen LogP) is 5.26. The Bertz CT molecular complexity index is 649. The van der Waals surface area contributed by atoms with Crippen molar-refractivity contribution >= 4 is 11.8 Å². The van der Waals surface area contributed by atoms with Crippen molar-refractivity contribution in [2.24, 2.45) is 0 Å². The number of thioether (sulfide) groups is 1. The van der Waals surface area contributed by atoms with E-state index in [0.29, 0.717) is 12.2 Å². The van der Waals surface area contributed by atoms with Gasteiger partial charge in [-0.1, -0.05) is 37.6 Å². The van der Waals surface area contributed by atoms with E-state index in [9.17, 15) is 9.50 Å². The van der Waals surface area contributed by atoms with Gasteiger partial charge in [0.2, 0.25) is 0 Å². The number of benzene rings is 2. The van der Waals surface area contributed by atoms with Crippen molar-refractivity contribution in [2.75, 3.05) is 5.75 Å². The van der Waals surface area contributed by atoms with Gasteiger partial charge in [-0.25, -0.2) is 4.39 Å². The average Bonchev–Trinajstić information content (AvgIpc) is 2.48. The number of rotatable bonds is 6. The van der Waals surface area contributed by atoms with Crippen molar-refractivity contribution in [3.05, 3.63) is 65.0 Å². The van der Waals surface area contributed by atoms with Gasteiger partial charge >= 0.3 is 0 Å². The van der Waals surface area contributed by atoms with Crippen LogP contribution in [0, 0.1) is 19.7 Å². The summed E-state index contributed by atoms with van der Waals surface area (Å²) in [6, 6.07) is 13.2. The number of aliphatic hydroxyl groups is 1. The zero-order valence-corrected chi connectivity index (χ0v) is 15.1. The Morgan fingerprint density at radius 1 is 1.09 bits per heavy atom. The van der Waals surface area contributed by atoms with E-state index in [1.807, 2.05) is 6.92 Å². The highest BCUT2D eigenvalue weighted by molar-refractivity contribution is 7.99. The summed E-state index contributed by atoms with van der Waals surface area (Å²) >= 11 is 1.66. The van der Waals surface area contributed by atoms with E-state index in [4.69, 9.17) is 0 Å². The second-order valence-electron chi connectivity index (χ2n) is 6.83. The quantitative estimate of drug-likeness (QED) is 0.728. The Hall–Kier alpha value is -1.32. The summed E-state index contributed by atoms with van der Waals surface area (Å²) in [6.45, 7) is 8.18. The molecule has 0 amide bonds. The van der Waals surface area contributed by atoms with Crippen molar-refractivity contribution in [1.82, 2.24) is 0 Å². The summed E-state index contributed by atoms with van der Waals surface area (Å²) in [4.78, 5) is 1.16. The first-order valence-corrected chi connectivity index (χ1v) is 8.91. The lowest BCUT2D eigenvalue weighted by Gasteiger charge is -2.29. The minimum Gasteiger partial charge on any atom is -0.392 e. The van der Waals surface area contributed by atoms with E-state index < -0.39 is 6.10 Å². The van der Waals surface area contributed by atoms with Crippen molar-refractivity contribution in [2.45, 2.75) is 50.5 Å². The second-order valence-corrected chi connectivity index (χ2v) is 7.92. The van der Waals surface area contributed by atoms with E-state index in [-0.39, 0.29) is 11.2 Å². The van der Waals surface area contributed by atoms with Crippen molar-refractivity contribution in [1.29, 1.82) is 0 Å². The van der Waals surface area contributed by atoms with Gasteiger partial charge in [-0.3, -0.25) is 0 Å². The van der Waals surface area contributed by atoms with Gasteiger partial charge in [0.05, 0.1) is 6.10 Å². The lowest BCUT2D eigenvalue weighted by atomic mass is 9.78. The number of hydrogen-bond acceptors (Lipinski definition) is 2. The third-order valence-corrected chi connectivity index (χ3v) is 5.29. The zero-order valence-electron chi connectivity index (χ0n) is 14.3. The number of hydrogen-bond donors (Lipinski definition) is 1. The first kappa shape index (κ1) is 18.0. The van der Waals surface area contributed by atoms with Gasteiger partial charge in [-0.2, -0.15) is 0 Å². The topological polar surface area (TPSA) is 20.2 Å². The Labute approximate surface area is 142 Å². The van der Waals surface area contributed by atoms with Crippen molar-refractivity contribution < 1.29 is 9.50 Å². The fourth-order valence-corrected chi connectivity index (χ4v) is 3.74. The number of aliphatic hydroxyl groups excluding tert-OH is 1. The first-order chi connectivity index (χ1) is 10.8. The molecular formula is C20H25FOS. The third-order valence-electron chi connectivity index (χ3n) is 4.14. The van der Waals surface area contributed by atoms with Crippen LogP contribution in [0.25, 0.3) is 0 Å². The van der Waals surface area contributed by atoms with Crippen molar-refractivity contribution in [3.8, 4) is 0 Å². The van der Waals surface area contributed by atoms with E-state index in [0.717, 1.165) is 16.0 Å². The summed E-state index contributed by atoms with van der Waals surface area (Å²) < 4.78 is 13.6. The molecule has 0 saturated heterocycles. The van der Waals surface area contributed by atoms with Crippen LogP contribution in [0.3, 0.4) is 0 Å². The third kappa shape index (κ3) is 5.08. The van der Waals surface area contributed by atoms with Crippen LogP contribution in [0.1, 0.15) is 37.0 Å². The summed E-state index contributed by atoms with van der Waals surface area (Å²) in [6.07, 6.45) is 0.176. The highest BCUT2D eigenvalue weighted by Crippen LogP contribution is 2.32. The molecule has 0 aliphatic heterocycles. The maximum absolute atomic E-state index is 13.6. The smallest absolute Gasteiger partial charge is 0.123 e. The predicted molar refractivity (Wildman–Crippen MR) is 96.7 cm³/mol. The molecule has 2 aromatic rings. The van der Waals surface area contributed by atoms with Crippen LogP contribution >= 0.6 is 11.8 Å². The van der Waals surface area contributed by atoms with Crippen LogP contribution in [-0.4, -0.2) is 17.0 Å². The summed E-state index contributed by atoms with van der Waals surface area (Å²) in [5.41, 5.74) is 3.00. The normalized spacial score (nSPS) is 13.1. The molecule has 3 heteroatoms. The zero-order chi connectivity index (χ0) is 17.0. The van der Waals surface area contributed by atoms with Crippen LogP contribution in [-0.2, 0) is 5.41 Å². The summed E-state index contributed by atoms with van der Waals surface area (Å²) in [7, 11) is 0. The maximum atomic E-state index is 13.6. The van der Waals surface area contributed by atoms with E-state index in [2.05, 4.69) is 45.0 Å². The monoisotopic (exact) mass is 332 g/mol. The van der Waals surface area contributed by atoms with Gasteiger partial charge in [-0.05, 0) is 61.1 Å². The molecule has 0 saturated carbocycles. The van der Waals surface area contributed by atoms with Gasteiger partial charge in [0.25, 0.3) is 0 Å². The lowest BCUT2D eigenvalue weighted by molar-refractivity contribution is 0.161. The van der Waals surface area contributed by atoms with Gasteiger partial charge in [0.15, 0.2) is 0 Å². The molecular weight excluding hydrogens is 307 g/mol. The largest absolute Gasteiger partial charge is 0.392 e. The highest BCUT2D eigenvalue weighted by Gasteiger charge is 2.26. The molecule has 0 aliphatic rings. The second kappa shape index (κ2) is 7.50. The molecule has 0 spiro atoms. The van der Waals surface area contributed by atoms with Gasteiger partial charge < -0.3 is 5.11 Å². The molecule has 1 atom stereocenters. The standard InChI is InChI=1S/C20H25FOS/c1-14-5-9-18(10-6-14)23-13-17(22)12-20(3,4)19-11-16(21)8-7-15(19)2/h5-11,17,22H,12-13H2,1-4H3. The molecule has 0 aliphatic carbocycles. The van der Waals surface area contributed by atoms with Crippen LogP contribution in [0.4, 0.5) is 4.39 Å². The van der Waals surface area contributed by atoms with Gasteiger partial charge in [0.1, 0.15) is 5.82 Å². The van der Waals surface area contributed by atoms with Crippen LogP contribution < -0.4 is 0 Å². The van der Waals surface area contributed by atoms with Crippen LogP contribution in [0.15, 0.2) is 47.4 Å². The highest BCUT2D eigenvalue weighted by atomic mass is 32.2. The molecule has 124 valence electrons. The fraction of sp³-hybridized carbons (Fsp3) is 0.400. The molecule has 1 nitrogen and oxygen atoms in total. The molecule has 1 N–H and O–H groups in total. The average molecular weight is 332 g/mol. The molecule has 2 rings (SSSR count). The molecule has 0 radical (unpaired) electrons. The van der Waals surface area contributed by atoms with E-state index >= 15 is 0 Å². The van der Waals surface area contributed by atoms with E-state index in [1.165, 1.54) is 11.6 Å². The number of halogens is 1. The molecule has 0 fully saturated rings. The summed E-state index contributed by atoms with van der Waals surface area (Å²) in [5.74, 6) is 0.420. The minimum absolute atomic E-state index is 0.220. The fourth-order valence-electron chi connectivity index (χ4n) is 2.91. The Morgan fingerprint density at radius 3 is 2.39 bits per heavy atom. The SMILES string of the molecule is Cc1ccc(SCC(O)CC(C)(C)c2cc(F)ccc2C)cc1. The summed E-state index contributed by atoms with van der Waals surface area (Å²) in [5, 5.41) is 10.4. The Kier molecular flexibility index (Phi) is 5.88. The Balaban J connectivity index is 1.99. The molecule has 0 aromatic heterocycles. The van der Waals surface area contributed by atoms with Crippen molar-refractivity contribution in [3.63, 3.8) is 0 Å². The lowest BCUT2D eigenvalue weighted by Crippen LogP contribution is -2.27. The minimum atomic E-state index is -0.432.